The molecule has 2 rings (SSSR count). The van der Waals surface area contributed by atoms with Crippen LogP contribution in [0.4, 0.5) is 0 Å². The Morgan fingerprint density at radius 1 is 1.40 bits per heavy atom. The number of aryl methyl sites for hydroxylation is 1. The standard InChI is InChI=1S/C15H16N2O2S/c1-2-11-5-8-14(19-11)15(18)17-10-13-7-6-12(20-13)4-3-9-16/h5-8H,2,9-10,16H2,1H3,(H,17,18). The molecule has 2 aromatic heterocycles. The molecule has 2 aromatic rings. The number of hydrogen-bond acceptors (Lipinski definition) is 4. The lowest BCUT2D eigenvalue weighted by atomic mass is 10.3. The van der Waals surface area contributed by atoms with Gasteiger partial charge in [0.15, 0.2) is 5.76 Å². The molecule has 0 saturated carbocycles. The second-order valence-electron chi connectivity index (χ2n) is 4.07. The molecule has 0 fully saturated rings. The van der Waals surface area contributed by atoms with E-state index in [1.165, 1.54) is 0 Å². The third-order valence-electron chi connectivity index (χ3n) is 2.63. The van der Waals surface area contributed by atoms with Crippen LogP contribution in [0.15, 0.2) is 28.7 Å². The molecule has 0 unspecified atom stereocenters. The Morgan fingerprint density at radius 2 is 2.25 bits per heavy atom. The molecule has 3 N–H and O–H groups in total. The highest BCUT2D eigenvalue weighted by Crippen LogP contribution is 2.15. The predicted octanol–water partition coefficient (Wildman–Crippen LogP) is 2.14. The van der Waals surface area contributed by atoms with E-state index >= 15 is 0 Å². The highest BCUT2D eigenvalue weighted by atomic mass is 32.1. The Morgan fingerprint density at radius 3 is 2.95 bits per heavy atom. The third kappa shape index (κ3) is 3.73. The molecule has 0 aliphatic rings. The van der Waals surface area contributed by atoms with E-state index in [0.29, 0.717) is 18.8 Å². The largest absolute Gasteiger partial charge is 0.456 e. The number of hydrogen-bond donors (Lipinski definition) is 2. The average Bonchev–Trinajstić information content (AvgIpc) is 3.11. The summed E-state index contributed by atoms with van der Waals surface area (Å²) in [5.74, 6) is 6.73. The normalized spacial score (nSPS) is 9.90. The minimum absolute atomic E-state index is 0.201. The molecular weight excluding hydrogens is 272 g/mol. The Kier molecular flexibility index (Phi) is 4.99. The van der Waals surface area contributed by atoms with Gasteiger partial charge in [-0.15, -0.1) is 11.3 Å². The summed E-state index contributed by atoms with van der Waals surface area (Å²) in [6, 6.07) is 7.39. The van der Waals surface area contributed by atoms with E-state index in [0.717, 1.165) is 21.9 Å². The van der Waals surface area contributed by atoms with E-state index in [9.17, 15) is 4.79 Å². The zero-order valence-corrected chi connectivity index (χ0v) is 12.0. The van der Waals surface area contributed by atoms with Crippen LogP contribution in [0.5, 0.6) is 0 Å². The first-order valence-electron chi connectivity index (χ1n) is 6.37. The fourth-order valence-corrected chi connectivity index (χ4v) is 2.44. The number of carbonyl (C=O) groups excluding carboxylic acids is 1. The number of carbonyl (C=O) groups is 1. The fourth-order valence-electron chi connectivity index (χ4n) is 1.62. The third-order valence-corrected chi connectivity index (χ3v) is 3.63. The van der Waals surface area contributed by atoms with Crippen LogP contribution < -0.4 is 11.1 Å². The van der Waals surface area contributed by atoms with Gasteiger partial charge < -0.3 is 15.5 Å². The molecule has 104 valence electrons. The summed E-state index contributed by atoms with van der Waals surface area (Å²) < 4.78 is 5.40. The molecule has 0 aliphatic carbocycles. The number of nitrogens with two attached hydrogens (primary N) is 1. The molecular formula is C15H16N2O2S. The van der Waals surface area contributed by atoms with E-state index in [1.54, 1.807) is 17.4 Å². The quantitative estimate of drug-likeness (QED) is 0.847. The van der Waals surface area contributed by atoms with Crippen molar-refractivity contribution in [1.29, 1.82) is 0 Å². The van der Waals surface area contributed by atoms with Crippen LogP contribution >= 0.6 is 11.3 Å². The summed E-state index contributed by atoms with van der Waals surface area (Å²) in [7, 11) is 0. The first-order valence-corrected chi connectivity index (χ1v) is 7.19. The van der Waals surface area contributed by atoms with Crippen LogP contribution in [0.25, 0.3) is 0 Å². The number of thiophene rings is 1. The van der Waals surface area contributed by atoms with Crippen molar-refractivity contribution in [2.45, 2.75) is 19.9 Å². The van der Waals surface area contributed by atoms with E-state index in [-0.39, 0.29) is 5.91 Å². The van der Waals surface area contributed by atoms with Gasteiger partial charge in [0.2, 0.25) is 0 Å². The molecule has 1 amide bonds. The smallest absolute Gasteiger partial charge is 0.287 e. The molecule has 2 heterocycles. The van der Waals surface area contributed by atoms with Gasteiger partial charge in [-0.2, -0.15) is 0 Å². The van der Waals surface area contributed by atoms with Crippen molar-refractivity contribution in [2.24, 2.45) is 5.73 Å². The Labute approximate surface area is 122 Å². The van der Waals surface area contributed by atoms with Crippen molar-refractivity contribution < 1.29 is 9.21 Å². The number of nitrogens with one attached hydrogen (secondary N) is 1. The summed E-state index contributed by atoms with van der Waals surface area (Å²) in [6.45, 7) is 2.80. The Bertz CT molecular complexity index is 646. The predicted molar refractivity (Wildman–Crippen MR) is 79.5 cm³/mol. The molecule has 0 bridgehead atoms. The molecule has 0 radical (unpaired) electrons. The maximum absolute atomic E-state index is 11.9. The highest BCUT2D eigenvalue weighted by molar-refractivity contribution is 7.12. The van der Waals surface area contributed by atoms with Crippen molar-refractivity contribution in [1.82, 2.24) is 5.32 Å². The Balaban J connectivity index is 1.91. The molecule has 0 aromatic carbocycles. The van der Waals surface area contributed by atoms with Crippen LogP contribution in [-0.4, -0.2) is 12.5 Å². The van der Waals surface area contributed by atoms with Gasteiger partial charge in [-0.3, -0.25) is 4.79 Å². The minimum atomic E-state index is -0.201. The van der Waals surface area contributed by atoms with E-state index in [1.807, 2.05) is 25.1 Å². The van der Waals surface area contributed by atoms with Crippen LogP contribution in [0, 0.1) is 11.8 Å². The zero-order chi connectivity index (χ0) is 14.4. The van der Waals surface area contributed by atoms with Crippen LogP contribution in [0.2, 0.25) is 0 Å². The average molecular weight is 288 g/mol. The van der Waals surface area contributed by atoms with Gasteiger partial charge in [0.1, 0.15) is 5.76 Å². The lowest BCUT2D eigenvalue weighted by Gasteiger charge is -2.00. The zero-order valence-electron chi connectivity index (χ0n) is 11.2. The van der Waals surface area contributed by atoms with Gasteiger partial charge in [0.25, 0.3) is 5.91 Å². The van der Waals surface area contributed by atoms with Crippen LogP contribution in [0.1, 0.15) is 33.0 Å². The maximum Gasteiger partial charge on any atom is 0.287 e. The van der Waals surface area contributed by atoms with Gasteiger partial charge in [-0.25, -0.2) is 0 Å². The lowest BCUT2D eigenvalue weighted by Crippen LogP contribution is -2.21. The number of furan rings is 1. The van der Waals surface area contributed by atoms with Gasteiger partial charge >= 0.3 is 0 Å². The van der Waals surface area contributed by atoms with E-state index in [2.05, 4.69) is 17.2 Å². The van der Waals surface area contributed by atoms with Gasteiger partial charge in [0, 0.05) is 11.3 Å². The van der Waals surface area contributed by atoms with Crippen molar-refractivity contribution in [3.8, 4) is 11.8 Å². The molecule has 20 heavy (non-hydrogen) atoms. The van der Waals surface area contributed by atoms with Gasteiger partial charge in [0.05, 0.1) is 18.0 Å². The monoisotopic (exact) mass is 288 g/mol. The minimum Gasteiger partial charge on any atom is -0.456 e. The highest BCUT2D eigenvalue weighted by Gasteiger charge is 2.10. The molecule has 5 heteroatoms. The molecule has 0 saturated heterocycles. The SMILES string of the molecule is CCc1ccc(C(=O)NCc2ccc(C#CCN)s2)o1. The molecule has 0 spiro atoms. The topological polar surface area (TPSA) is 68.3 Å². The summed E-state index contributed by atoms with van der Waals surface area (Å²) in [5, 5.41) is 2.83. The Hall–Kier alpha value is -2.03. The first kappa shape index (κ1) is 14.4. The second kappa shape index (κ2) is 6.94. The molecule has 0 aliphatic heterocycles. The lowest BCUT2D eigenvalue weighted by molar-refractivity contribution is 0.0922. The summed E-state index contributed by atoms with van der Waals surface area (Å²) in [5.41, 5.74) is 5.32. The van der Waals surface area contributed by atoms with Crippen molar-refractivity contribution >= 4 is 17.2 Å². The van der Waals surface area contributed by atoms with E-state index in [4.69, 9.17) is 10.2 Å². The van der Waals surface area contributed by atoms with Crippen molar-refractivity contribution in [3.63, 3.8) is 0 Å². The number of amides is 1. The van der Waals surface area contributed by atoms with Gasteiger partial charge in [-0.05, 0) is 24.3 Å². The van der Waals surface area contributed by atoms with Crippen molar-refractivity contribution in [3.05, 3.63) is 45.5 Å². The van der Waals surface area contributed by atoms with Gasteiger partial charge in [-0.1, -0.05) is 18.8 Å². The van der Waals surface area contributed by atoms with Crippen LogP contribution in [0.3, 0.4) is 0 Å². The summed E-state index contributed by atoms with van der Waals surface area (Å²) >= 11 is 1.55. The maximum atomic E-state index is 11.9. The summed E-state index contributed by atoms with van der Waals surface area (Å²) in [4.78, 5) is 13.9. The number of rotatable bonds is 4. The van der Waals surface area contributed by atoms with Crippen molar-refractivity contribution in [2.75, 3.05) is 6.54 Å². The second-order valence-corrected chi connectivity index (χ2v) is 5.24. The van der Waals surface area contributed by atoms with E-state index < -0.39 is 0 Å². The summed E-state index contributed by atoms with van der Waals surface area (Å²) in [6.07, 6.45) is 0.779. The molecule has 4 nitrogen and oxygen atoms in total. The first-order chi connectivity index (χ1) is 9.72. The van der Waals surface area contributed by atoms with Crippen LogP contribution in [-0.2, 0) is 13.0 Å². The fraction of sp³-hybridized carbons (Fsp3) is 0.267. The molecule has 0 atom stereocenters.